The van der Waals surface area contributed by atoms with Gasteiger partial charge in [-0.2, -0.15) is 0 Å². The zero-order valence-corrected chi connectivity index (χ0v) is 12.7. The molecule has 0 spiro atoms. The molecule has 6 heteroatoms. The van der Waals surface area contributed by atoms with Crippen molar-refractivity contribution in [3.63, 3.8) is 0 Å². The number of hydrogen-bond acceptors (Lipinski definition) is 4. The Morgan fingerprint density at radius 1 is 1.30 bits per heavy atom. The fourth-order valence-electron chi connectivity index (χ4n) is 3.02. The molecule has 4 N–H and O–H groups in total. The van der Waals surface area contributed by atoms with E-state index in [0.29, 0.717) is 12.8 Å². The molecule has 0 unspecified atom stereocenters. The summed E-state index contributed by atoms with van der Waals surface area (Å²) in [5.41, 5.74) is 3.95. The lowest BCUT2D eigenvalue weighted by atomic mass is 9.77. The Morgan fingerprint density at radius 3 is 2.20 bits per heavy atom. The molecule has 0 radical (unpaired) electrons. The van der Waals surface area contributed by atoms with Crippen LogP contribution in [0.2, 0.25) is 0 Å². The van der Waals surface area contributed by atoms with E-state index in [-0.39, 0.29) is 18.3 Å². The number of rotatable bonds is 4. The molecule has 0 aromatic heterocycles. The molecule has 116 valence electrons. The van der Waals surface area contributed by atoms with E-state index >= 15 is 0 Å². The van der Waals surface area contributed by atoms with Gasteiger partial charge < -0.3 is 20.9 Å². The number of aliphatic hydroxyl groups is 1. The van der Waals surface area contributed by atoms with E-state index < -0.39 is 11.0 Å². The molecule has 1 aliphatic rings. The van der Waals surface area contributed by atoms with Gasteiger partial charge in [0.05, 0.1) is 5.60 Å². The molecule has 1 aliphatic carbocycles. The van der Waals surface area contributed by atoms with Crippen LogP contribution in [0.4, 0.5) is 0 Å². The van der Waals surface area contributed by atoms with E-state index in [1.54, 1.807) is 20.9 Å². The molecule has 1 saturated carbocycles. The quantitative estimate of drug-likeness (QED) is 0.238. The molecular weight excluding hydrogens is 258 g/mol. The van der Waals surface area contributed by atoms with Crippen LogP contribution in [0, 0.1) is 5.41 Å². The van der Waals surface area contributed by atoms with Crippen LogP contribution in [0.3, 0.4) is 0 Å². The Bertz CT molecular complexity index is 366. The van der Waals surface area contributed by atoms with E-state index in [0.717, 1.165) is 25.7 Å². The van der Waals surface area contributed by atoms with Crippen LogP contribution in [0.1, 0.15) is 52.4 Å². The number of nitrogens with zero attached hydrogens (tertiary/aromatic N) is 2. The van der Waals surface area contributed by atoms with Crippen LogP contribution >= 0.6 is 0 Å². The van der Waals surface area contributed by atoms with Gasteiger partial charge >= 0.3 is 0 Å². The fraction of sp³-hybridized carbons (Fsp3) is 0.857. The predicted octanol–water partition coefficient (Wildman–Crippen LogP) is 1.30. The van der Waals surface area contributed by atoms with Gasteiger partial charge in [0.15, 0.2) is 5.84 Å². The lowest BCUT2D eigenvalue weighted by Gasteiger charge is -2.36. The maximum atomic E-state index is 12.8. The summed E-state index contributed by atoms with van der Waals surface area (Å²) in [6.45, 7) is 3.52. The number of carbonyl (C=O) groups excluding carboxylic acids is 1. The number of hydrogen-bond donors (Lipinski definition) is 3. The molecule has 1 amide bonds. The summed E-state index contributed by atoms with van der Waals surface area (Å²) in [6.07, 6.45) is 5.08. The highest BCUT2D eigenvalue weighted by Gasteiger charge is 2.45. The van der Waals surface area contributed by atoms with Gasteiger partial charge in [-0.25, -0.2) is 0 Å². The molecule has 1 fully saturated rings. The largest absolute Gasteiger partial charge is 0.409 e. The summed E-state index contributed by atoms with van der Waals surface area (Å²) in [7, 11) is 1.65. The number of likely N-dealkylation sites (N-methyl/N-ethyl adjacent to an activating group) is 1. The highest BCUT2D eigenvalue weighted by Crippen LogP contribution is 2.37. The van der Waals surface area contributed by atoms with Gasteiger partial charge in [-0.3, -0.25) is 4.79 Å². The summed E-state index contributed by atoms with van der Waals surface area (Å²) in [4.78, 5) is 14.3. The molecule has 20 heavy (non-hydrogen) atoms. The highest BCUT2D eigenvalue weighted by molar-refractivity contribution is 6.06. The van der Waals surface area contributed by atoms with Crippen LogP contribution in [0.25, 0.3) is 0 Å². The molecule has 0 aromatic carbocycles. The van der Waals surface area contributed by atoms with Crippen LogP contribution < -0.4 is 5.73 Å². The lowest BCUT2D eigenvalue weighted by Crippen LogP contribution is -2.52. The number of carbonyl (C=O) groups is 1. The minimum absolute atomic E-state index is 0.00741. The minimum Gasteiger partial charge on any atom is -0.409 e. The Balaban J connectivity index is 3.01. The number of oxime groups is 1. The molecule has 0 aromatic rings. The van der Waals surface area contributed by atoms with E-state index in [9.17, 15) is 9.90 Å². The van der Waals surface area contributed by atoms with Gasteiger partial charge in [-0.1, -0.05) is 30.8 Å². The Kier molecular flexibility index (Phi) is 5.39. The topological polar surface area (TPSA) is 99.2 Å². The summed E-state index contributed by atoms with van der Waals surface area (Å²) in [5, 5.41) is 22.0. The molecule has 0 heterocycles. The van der Waals surface area contributed by atoms with Crippen molar-refractivity contribution in [2.75, 3.05) is 13.6 Å². The first kappa shape index (κ1) is 16.8. The average Bonchev–Trinajstić information content (AvgIpc) is 2.61. The Hall–Kier alpha value is -1.30. The monoisotopic (exact) mass is 285 g/mol. The predicted molar refractivity (Wildman–Crippen MR) is 77.5 cm³/mol. The SMILES string of the molecule is CN(CC(C)(C)O)C(=O)C1(C(N)=NO)CCCCCC1. The molecular formula is C14H27N3O3. The molecule has 1 rings (SSSR count). The number of nitrogens with two attached hydrogens (primary N) is 1. The first-order valence-electron chi connectivity index (χ1n) is 7.19. The van der Waals surface area contributed by atoms with Crippen molar-refractivity contribution < 1.29 is 15.1 Å². The highest BCUT2D eigenvalue weighted by atomic mass is 16.4. The number of amidine groups is 1. The maximum Gasteiger partial charge on any atom is 0.236 e. The summed E-state index contributed by atoms with van der Waals surface area (Å²) in [6, 6.07) is 0. The third kappa shape index (κ3) is 3.85. The van der Waals surface area contributed by atoms with Crippen molar-refractivity contribution in [1.29, 1.82) is 0 Å². The van der Waals surface area contributed by atoms with Crippen LogP contribution in [-0.2, 0) is 4.79 Å². The van der Waals surface area contributed by atoms with Gasteiger partial charge in [0.1, 0.15) is 5.41 Å². The summed E-state index contributed by atoms with van der Waals surface area (Å²) >= 11 is 0. The third-order valence-corrected chi connectivity index (χ3v) is 3.94. The standard InChI is InChI=1S/C14H27N3O3/c1-13(2,19)10-17(3)12(18)14(11(15)16-20)8-6-4-5-7-9-14/h19-20H,4-10H2,1-3H3,(H2,15,16). The lowest BCUT2D eigenvalue weighted by molar-refractivity contribution is -0.140. The van der Waals surface area contributed by atoms with Crippen molar-refractivity contribution >= 4 is 11.7 Å². The minimum atomic E-state index is -0.971. The number of amides is 1. The smallest absolute Gasteiger partial charge is 0.236 e. The molecule has 6 nitrogen and oxygen atoms in total. The average molecular weight is 285 g/mol. The molecule has 0 saturated heterocycles. The summed E-state index contributed by atoms with van der Waals surface area (Å²) in [5.74, 6) is -0.177. The van der Waals surface area contributed by atoms with Gasteiger partial charge in [0.2, 0.25) is 5.91 Å². The Labute approximate surface area is 120 Å². The van der Waals surface area contributed by atoms with E-state index in [1.807, 2.05) is 0 Å². The molecule has 0 bridgehead atoms. The van der Waals surface area contributed by atoms with Gasteiger partial charge in [0.25, 0.3) is 0 Å². The zero-order valence-electron chi connectivity index (χ0n) is 12.7. The normalized spacial score (nSPS) is 20.3. The van der Waals surface area contributed by atoms with Gasteiger partial charge in [-0.15, -0.1) is 0 Å². The van der Waals surface area contributed by atoms with Gasteiger partial charge in [-0.05, 0) is 26.7 Å². The second kappa shape index (κ2) is 6.43. The third-order valence-electron chi connectivity index (χ3n) is 3.94. The van der Waals surface area contributed by atoms with E-state index in [1.165, 1.54) is 4.90 Å². The van der Waals surface area contributed by atoms with Crippen LogP contribution in [0.15, 0.2) is 5.16 Å². The van der Waals surface area contributed by atoms with Crippen molar-refractivity contribution in [2.45, 2.75) is 58.0 Å². The van der Waals surface area contributed by atoms with Crippen molar-refractivity contribution in [3.05, 3.63) is 0 Å². The summed E-state index contributed by atoms with van der Waals surface area (Å²) < 4.78 is 0. The van der Waals surface area contributed by atoms with Gasteiger partial charge in [0, 0.05) is 13.6 Å². The zero-order chi connectivity index (χ0) is 15.4. The molecule has 0 aliphatic heterocycles. The molecule has 0 atom stereocenters. The Morgan fingerprint density at radius 2 is 1.80 bits per heavy atom. The fourth-order valence-corrected chi connectivity index (χ4v) is 3.02. The van der Waals surface area contributed by atoms with Crippen molar-refractivity contribution in [3.8, 4) is 0 Å². The maximum absolute atomic E-state index is 12.8. The second-order valence-electron chi connectivity index (χ2n) is 6.46. The van der Waals surface area contributed by atoms with Crippen molar-refractivity contribution in [2.24, 2.45) is 16.3 Å². The van der Waals surface area contributed by atoms with E-state index in [4.69, 9.17) is 10.9 Å². The first-order valence-corrected chi connectivity index (χ1v) is 7.19. The van der Waals surface area contributed by atoms with Crippen LogP contribution in [-0.4, -0.2) is 46.1 Å². The second-order valence-corrected chi connectivity index (χ2v) is 6.46. The van der Waals surface area contributed by atoms with Crippen molar-refractivity contribution in [1.82, 2.24) is 4.90 Å². The van der Waals surface area contributed by atoms with Crippen LogP contribution in [0.5, 0.6) is 0 Å². The first-order chi connectivity index (χ1) is 9.23. The van der Waals surface area contributed by atoms with E-state index in [2.05, 4.69) is 5.16 Å².